The molecular weight excluding hydrogens is 254 g/mol. The predicted octanol–water partition coefficient (Wildman–Crippen LogP) is 2.82. The fraction of sp³-hybridized carbons (Fsp3) is 0.933. The van der Waals surface area contributed by atoms with E-state index in [1.165, 1.54) is 44.9 Å². The summed E-state index contributed by atoms with van der Waals surface area (Å²) < 4.78 is 0. The average Bonchev–Trinajstić information content (AvgIpc) is 2.96. The molecule has 3 nitrogen and oxygen atoms in total. The largest absolute Gasteiger partial charge is 0.359 e. The zero-order valence-electron chi connectivity index (χ0n) is 12.2. The SMILES string of the molecule is C[C@@H]1CCC[C@H](C)N1NC(=S)N[C@H]1C[C@H]2CC[C@H]1C2. The summed E-state index contributed by atoms with van der Waals surface area (Å²) in [6, 6.07) is 1.81. The molecule has 0 radical (unpaired) electrons. The summed E-state index contributed by atoms with van der Waals surface area (Å²) >= 11 is 5.53. The quantitative estimate of drug-likeness (QED) is 0.761. The third kappa shape index (κ3) is 2.89. The third-order valence-electron chi connectivity index (χ3n) is 5.48. The maximum atomic E-state index is 5.53. The molecule has 3 aliphatic rings. The normalized spacial score (nSPS) is 42.3. The lowest BCUT2D eigenvalue weighted by molar-refractivity contribution is 0.0731. The van der Waals surface area contributed by atoms with Crippen LogP contribution in [0, 0.1) is 11.8 Å². The molecule has 0 amide bonds. The van der Waals surface area contributed by atoms with E-state index < -0.39 is 0 Å². The van der Waals surface area contributed by atoms with Crippen molar-refractivity contribution < 1.29 is 0 Å². The van der Waals surface area contributed by atoms with Gasteiger partial charge in [0.05, 0.1) is 0 Å². The molecule has 0 unspecified atom stereocenters. The highest BCUT2D eigenvalue weighted by Gasteiger charge is 2.39. The summed E-state index contributed by atoms with van der Waals surface area (Å²) in [7, 11) is 0. The van der Waals surface area contributed by atoms with E-state index in [4.69, 9.17) is 12.2 Å². The molecule has 2 bridgehead atoms. The van der Waals surface area contributed by atoms with E-state index in [0.717, 1.165) is 16.9 Å². The van der Waals surface area contributed by atoms with Crippen molar-refractivity contribution in [3.8, 4) is 0 Å². The fourth-order valence-electron chi connectivity index (χ4n) is 4.38. The van der Waals surface area contributed by atoms with E-state index in [1.807, 2.05) is 0 Å². The number of nitrogens with zero attached hydrogens (tertiary/aromatic N) is 1. The number of nitrogens with one attached hydrogen (secondary N) is 2. The molecule has 3 fully saturated rings. The zero-order valence-corrected chi connectivity index (χ0v) is 13.0. The first-order chi connectivity index (χ1) is 9.13. The van der Waals surface area contributed by atoms with Crippen molar-refractivity contribution in [1.29, 1.82) is 0 Å². The molecule has 0 spiro atoms. The first-order valence-electron chi connectivity index (χ1n) is 7.99. The Hall–Kier alpha value is -0.350. The Kier molecular flexibility index (Phi) is 3.99. The Labute approximate surface area is 122 Å². The molecule has 108 valence electrons. The lowest BCUT2D eigenvalue weighted by atomic mass is 9.95. The molecule has 2 aliphatic carbocycles. The lowest BCUT2D eigenvalue weighted by Gasteiger charge is -2.40. The minimum absolute atomic E-state index is 0.587. The van der Waals surface area contributed by atoms with E-state index >= 15 is 0 Å². The molecule has 0 aromatic heterocycles. The Morgan fingerprint density at radius 2 is 1.79 bits per heavy atom. The van der Waals surface area contributed by atoms with Gasteiger partial charge in [-0.25, -0.2) is 5.01 Å². The van der Waals surface area contributed by atoms with Crippen LogP contribution in [0.2, 0.25) is 0 Å². The number of hydrogen-bond donors (Lipinski definition) is 2. The molecular formula is C15H27N3S. The van der Waals surface area contributed by atoms with Crippen molar-refractivity contribution in [1.82, 2.24) is 15.8 Å². The molecule has 2 N–H and O–H groups in total. The summed E-state index contributed by atoms with van der Waals surface area (Å²) in [5.74, 6) is 1.85. The third-order valence-corrected chi connectivity index (χ3v) is 5.69. The maximum absolute atomic E-state index is 5.53. The van der Waals surface area contributed by atoms with Gasteiger partial charge in [0.1, 0.15) is 0 Å². The second kappa shape index (κ2) is 5.57. The first kappa shape index (κ1) is 13.6. The topological polar surface area (TPSA) is 27.3 Å². The second-order valence-corrected chi connectivity index (χ2v) is 7.31. The van der Waals surface area contributed by atoms with Gasteiger partial charge in [-0.2, -0.15) is 0 Å². The van der Waals surface area contributed by atoms with Crippen LogP contribution in [0.5, 0.6) is 0 Å². The van der Waals surface area contributed by atoms with E-state index in [0.29, 0.717) is 18.1 Å². The Morgan fingerprint density at radius 3 is 2.37 bits per heavy atom. The number of hydrazine groups is 1. The van der Waals surface area contributed by atoms with E-state index in [-0.39, 0.29) is 0 Å². The summed E-state index contributed by atoms with van der Waals surface area (Å²) in [5, 5.41) is 6.78. The molecule has 0 aromatic carbocycles. The molecule has 1 saturated heterocycles. The van der Waals surface area contributed by atoms with Crippen LogP contribution in [-0.4, -0.2) is 28.2 Å². The van der Waals surface area contributed by atoms with Crippen molar-refractivity contribution in [2.75, 3.05) is 0 Å². The molecule has 19 heavy (non-hydrogen) atoms. The highest BCUT2D eigenvalue weighted by atomic mass is 32.1. The van der Waals surface area contributed by atoms with Gasteiger partial charge >= 0.3 is 0 Å². The van der Waals surface area contributed by atoms with Crippen LogP contribution < -0.4 is 10.7 Å². The number of fused-ring (bicyclic) bond motifs is 2. The number of thiocarbonyl (C=S) groups is 1. The summed E-state index contributed by atoms with van der Waals surface area (Å²) in [6.07, 6.45) is 9.49. The monoisotopic (exact) mass is 281 g/mol. The van der Waals surface area contributed by atoms with Gasteiger partial charge in [0.2, 0.25) is 0 Å². The van der Waals surface area contributed by atoms with Gasteiger partial charge in [0.25, 0.3) is 0 Å². The van der Waals surface area contributed by atoms with Crippen LogP contribution in [-0.2, 0) is 0 Å². The van der Waals surface area contributed by atoms with Gasteiger partial charge in [-0.3, -0.25) is 5.43 Å². The number of hydrogen-bond acceptors (Lipinski definition) is 2. The molecule has 1 aliphatic heterocycles. The Bertz CT molecular complexity index is 336. The summed E-state index contributed by atoms with van der Waals surface area (Å²) in [6.45, 7) is 4.59. The van der Waals surface area contributed by atoms with Gasteiger partial charge in [-0.15, -0.1) is 0 Å². The second-order valence-electron chi connectivity index (χ2n) is 6.90. The minimum Gasteiger partial charge on any atom is -0.359 e. The van der Waals surface area contributed by atoms with Crippen molar-refractivity contribution in [3.63, 3.8) is 0 Å². The van der Waals surface area contributed by atoms with Gasteiger partial charge in [0.15, 0.2) is 5.11 Å². The molecule has 2 saturated carbocycles. The molecule has 5 atom stereocenters. The van der Waals surface area contributed by atoms with Crippen LogP contribution in [0.15, 0.2) is 0 Å². The highest BCUT2D eigenvalue weighted by Crippen LogP contribution is 2.44. The molecule has 4 heteroatoms. The summed E-state index contributed by atoms with van der Waals surface area (Å²) in [5.41, 5.74) is 3.46. The van der Waals surface area contributed by atoms with Crippen molar-refractivity contribution in [3.05, 3.63) is 0 Å². The lowest BCUT2D eigenvalue weighted by Crippen LogP contribution is -2.58. The maximum Gasteiger partial charge on any atom is 0.181 e. The van der Waals surface area contributed by atoms with E-state index in [2.05, 4.69) is 29.6 Å². The smallest absolute Gasteiger partial charge is 0.181 e. The van der Waals surface area contributed by atoms with Crippen LogP contribution in [0.4, 0.5) is 0 Å². The van der Waals surface area contributed by atoms with Crippen molar-refractivity contribution in [2.24, 2.45) is 11.8 Å². The minimum atomic E-state index is 0.587. The van der Waals surface area contributed by atoms with Crippen LogP contribution in [0.1, 0.15) is 58.8 Å². The van der Waals surface area contributed by atoms with Crippen molar-refractivity contribution in [2.45, 2.75) is 76.9 Å². The van der Waals surface area contributed by atoms with E-state index in [9.17, 15) is 0 Å². The Balaban J connectivity index is 1.50. The van der Waals surface area contributed by atoms with Crippen LogP contribution in [0.25, 0.3) is 0 Å². The zero-order chi connectivity index (χ0) is 13.4. The number of rotatable bonds is 2. The van der Waals surface area contributed by atoms with E-state index in [1.54, 1.807) is 0 Å². The fourth-order valence-corrected chi connectivity index (χ4v) is 4.64. The number of piperidine rings is 1. The molecule has 0 aromatic rings. The average molecular weight is 281 g/mol. The van der Waals surface area contributed by atoms with Gasteiger partial charge in [-0.05, 0) is 70.0 Å². The predicted molar refractivity (Wildman–Crippen MR) is 82.7 cm³/mol. The summed E-state index contributed by atoms with van der Waals surface area (Å²) in [4.78, 5) is 0. The first-order valence-corrected chi connectivity index (χ1v) is 8.40. The van der Waals surface area contributed by atoms with Crippen molar-refractivity contribution >= 4 is 17.3 Å². The van der Waals surface area contributed by atoms with Crippen LogP contribution >= 0.6 is 12.2 Å². The standard InChI is InChI=1S/C15H27N3S/c1-10-4-3-5-11(2)18(10)17-15(19)16-14-9-12-6-7-13(14)8-12/h10-14H,3-9H2,1-2H3,(H2,16,17,19)/t10-,11+,12-,13-,14-/m0/s1. The van der Waals surface area contributed by atoms with Crippen LogP contribution in [0.3, 0.4) is 0 Å². The highest BCUT2D eigenvalue weighted by molar-refractivity contribution is 7.80. The van der Waals surface area contributed by atoms with Gasteiger partial charge in [0, 0.05) is 18.1 Å². The van der Waals surface area contributed by atoms with Gasteiger partial charge in [-0.1, -0.05) is 12.8 Å². The molecule has 3 rings (SSSR count). The molecule has 1 heterocycles. The van der Waals surface area contributed by atoms with Gasteiger partial charge < -0.3 is 5.32 Å². The Morgan fingerprint density at radius 1 is 1.05 bits per heavy atom.